The Hall–Kier alpha value is -2.47. The molecule has 2 aromatic heterocycles. The molecular formula is C23H33N5O. The number of pyridine rings is 2. The largest absolute Gasteiger partial charge is 0.354 e. The molecule has 1 saturated heterocycles. The Morgan fingerprint density at radius 3 is 2.66 bits per heavy atom. The van der Waals surface area contributed by atoms with E-state index in [9.17, 15) is 4.79 Å². The van der Waals surface area contributed by atoms with Crippen LogP contribution in [-0.4, -0.2) is 64.4 Å². The molecule has 0 aromatic carbocycles. The van der Waals surface area contributed by atoms with Crippen molar-refractivity contribution in [1.82, 2.24) is 19.8 Å². The SMILES string of the molecule is CC[C@@H]1CN(C(=O)c2ccc(N(C)Cc3ncccc3C)nc2)CCN1C(C)C. The first-order valence-corrected chi connectivity index (χ1v) is 10.5. The third-order valence-electron chi connectivity index (χ3n) is 5.84. The Labute approximate surface area is 174 Å². The van der Waals surface area contributed by atoms with E-state index in [2.05, 4.69) is 53.5 Å². The van der Waals surface area contributed by atoms with Crippen LogP contribution in [0, 0.1) is 6.92 Å². The highest BCUT2D eigenvalue weighted by Gasteiger charge is 2.30. The summed E-state index contributed by atoms with van der Waals surface area (Å²) < 4.78 is 0. The van der Waals surface area contributed by atoms with Crippen LogP contribution in [0.25, 0.3) is 0 Å². The van der Waals surface area contributed by atoms with E-state index in [1.165, 1.54) is 0 Å². The smallest absolute Gasteiger partial charge is 0.255 e. The van der Waals surface area contributed by atoms with E-state index in [1.807, 2.05) is 36.3 Å². The van der Waals surface area contributed by atoms with Crippen molar-refractivity contribution < 1.29 is 4.79 Å². The van der Waals surface area contributed by atoms with Crippen molar-refractivity contribution in [2.75, 3.05) is 31.6 Å². The average Bonchev–Trinajstić information content (AvgIpc) is 2.74. The molecule has 6 nitrogen and oxygen atoms in total. The minimum Gasteiger partial charge on any atom is -0.354 e. The van der Waals surface area contributed by atoms with Gasteiger partial charge in [-0.3, -0.25) is 14.7 Å². The highest BCUT2D eigenvalue weighted by Crippen LogP contribution is 2.19. The molecule has 1 aliphatic rings. The molecular weight excluding hydrogens is 362 g/mol. The maximum atomic E-state index is 13.0. The van der Waals surface area contributed by atoms with Gasteiger partial charge in [-0.15, -0.1) is 0 Å². The standard InChI is InChI=1S/C23H33N5O/c1-6-20-15-27(12-13-28(20)17(2)3)23(29)19-9-10-22(25-14-19)26(5)16-21-18(4)8-7-11-24-21/h7-11,14,17,20H,6,12-13,15-16H2,1-5H3/t20-/m1/s1. The predicted molar refractivity (Wildman–Crippen MR) is 117 cm³/mol. The zero-order valence-corrected chi connectivity index (χ0v) is 18.3. The summed E-state index contributed by atoms with van der Waals surface area (Å²) in [5, 5.41) is 0. The molecule has 0 bridgehead atoms. The monoisotopic (exact) mass is 395 g/mol. The first-order valence-electron chi connectivity index (χ1n) is 10.5. The molecule has 0 aliphatic carbocycles. The number of hydrogen-bond acceptors (Lipinski definition) is 5. The topological polar surface area (TPSA) is 52.6 Å². The van der Waals surface area contributed by atoms with Crippen LogP contribution in [0.3, 0.4) is 0 Å². The van der Waals surface area contributed by atoms with E-state index < -0.39 is 0 Å². The van der Waals surface area contributed by atoms with E-state index in [1.54, 1.807) is 6.20 Å². The fourth-order valence-electron chi connectivity index (χ4n) is 4.01. The van der Waals surface area contributed by atoms with Crippen LogP contribution in [0.2, 0.25) is 0 Å². The van der Waals surface area contributed by atoms with Crippen molar-refractivity contribution >= 4 is 11.7 Å². The molecule has 156 valence electrons. The second kappa shape index (κ2) is 9.35. The van der Waals surface area contributed by atoms with E-state index in [0.29, 0.717) is 24.2 Å². The van der Waals surface area contributed by atoms with Gasteiger partial charge in [-0.1, -0.05) is 13.0 Å². The van der Waals surface area contributed by atoms with Crippen molar-refractivity contribution in [2.24, 2.45) is 0 Å². The van der Waals surface area contributed by atoms with Crippen LogP contribution < -0.4 is 4.90 Å². The lowest BCUT2D eigenvalue weighted by molar-refractivity contribution is 0.0371. The molecule has 1 aliphatic heterocycles. The van der Waals surface area contributed by atoms with Crippen molar-refractivity contribution in [3.63, 3.8) is 0 Å². The molecule has 0 unspecified atom stereocenters. The lowest BCUT2D eigenvalue weighted by Gasteiger charge is -2.43. The van der Waals surface area contributed by atoms with Gasteiger partial charge in [0.15, 0.2) is 0 Å². The summed E-state index contributed by atoms with van der Waals surface area (Å²) in [6, 6.07) is 8.76. The summed E-state index contributed by atoms with van der Waals surface area (Å²) in [4.78, 5) is 28.5. The lowest BCUT2D eigenvalue weighted by Crippen LogP contribution is -2.56. The summed E-state index contributed by atoms with van der Waals surface area (Å²) in [5.74, 6) is 0.914. The van der Waals surface area contributed by atoms with Crippen molar-refractivity contribution in [3.8, 4) is 0 Å². The molecule has 3 heterocycles. The molecule has 0 N–H and O–H groups in total. The Morgan fingerprint density at radius 2 is 2.03 bits per heavy atom. The number of aromatic nitrogens is 2. The van der Waals surface area contributed by atoms with Gasteiger partial charge < -0.3 is 9.80 Å². The second-order valence-electron chi connectivity index (χ2n) is 8.17. The van der Waals surface area contributed by atoms with E-state index in [0.717, 1.165) is 43.1 Å². The van der Waals surface area contributed by atoms with Crippen LogP contribution in [0.5, 0.6) is 0 Å². The fourth-order valence-corrected chi connectivity index (χ4v) is 4.01. The van der Waals surface area contributed by atoms with Gasteiger partial charge in [0.2, 0.25) is 0 Å². The van der Waals surface area contributed by atoms with Crippen LogP contribution in [0.4, 0.5) is 5.82 Å². The summed E-state index contributed by atoms with van der Waals surface area (Å²) in [6.07, 6.45) is 4.57. The maximum Gasteiger partial charge on any atom is 0.255 e. The first kappa shape index (κ1) is 21.2. The van der Waals surface area contributed by atoms with Crippen molar-refractivity contribution in [1.29, 1.82) is 0 Å². The highest BCUT2D eigenvalue weighted by molar-refractivity contribution is 5.94. The summed E-state index contributed by atoms with van der Waals surface area (Å²) in [7, 11) is 1.99. The molecule has 1 atom stereocenters. The molecule has 1 amide bonds. The number of hydrogen-bond donors (Lipinski definition) is 0. The zero-order valence-electron chi connectivity index (χ0n) is 18.3. The van der Waals surface area contributed by atoms with Gasteiger partial charge in [0, 0.05) is 51.2 Å². The van der Waals surface area contributed by atoms with E-state index in [4.69, 9.17) is 0 Å². The molecule has 0 saturated carbocycles. The zero-order chi connectivity index (χ0) is 21.0. The third kappa shape index (κ3) is 4.93. The van der Waals surface area contributed by atoms with E-state index in [-0.39, 0.29) is 5.91 Å². The minimum absolute atomic E-state index is 0.0779. The van der Waals surface area contributed by atoms with Gasteiger partial charge in [0.05, 0.1) is 17.8 Å². The van der Waals surface area contributed by atoms with Crippen LogP contribution >= 0.6 is 0 Å². The number of piperazine rings is 1. The molecule has 2 aromatic rings. The first-order chi connectivity index (χ1) is 13.9. The Bertz CT molecular complexity index is 820. The summed E-state index contributed by atoms with van der Waals surface area (Å²) in [6.45, 7) is 11.9. The molecule has 3 rings (SSSR count). The number of rotatable bonds is 6. The number of aryl methyl sites for hydroxylation is 1. The second-order valence-corrected chi connectivity index (χ2v) is 8.17. The Balaban J connectivity index is 1.65. The summed E-state index contributed by atoms with van der Waals surface area (Å²) >= 11 is 0. The average molecular weight is 396 g/mol. The van der Waals surface area contributed by atoms with Gasteiger partial charge in [-0.25, -0.2) is 4.98 Å². The highest BCUT2D eigenvalue weighted by atomic mass is 16.2. The van der Waals surface area contributed by atoms with Gasteiger partial charge in [0.1, 0.15) is 5.82 Å². The van der Waals surface area contributed by atoms with Crippen LogP contribution in [0.15, 0.2) is 36.7 Å². The third-order valence-corrected chi connectivity index (χ3v) is 5.84. The van der Waals surface area contributed by atoms with Crippen molar-refractivity contribution in [2.45, 2.75) is 52.7 Å². The Kier molecular flexibility index (Phi) is 6.85. The molecule has 1 fully saturated rings. The van der Waals surface area contributed by atoms with Gasteiger partial charge in [-0.05, 0) is 51.0 Å². The van der Waals surface area contributed by atoms with Crippen molar-refractivity contribution in [3.05, 3.63) is 53.5 Å². The maximum absolute atomic E-state index is 13.0. The van der Waals surface area contributed by atoms with Crippen LogP contribution in [0.1, 0.15) is 48.8 Å². The Morgan fingerprint density at radius 1 is 1.24 bits per heavy atom. The number of nitrogens with zero attached hydrogens (tertiary/aromatic N) is 5. The molecule has 0 radical (unpaired) electrons. The van der Waals surface area contributed by atoms with Crippen LogP contribution in [-0.2, 0) is 6.54 Å². The summed E-state index contributed by atoms with van der Waals surface area (Å²) in [5.41, 5.74) is 2.85. The molecule has 29 heavy (non-hydrogen) atoms. The minimum atomic E-state index is 0.0779. The van der Waals surface area contributed by atoms with E-state index >= 15 is 0 Å². The van der Waals surface area contributed by atoms with Gasteiger partial charge in [-0.2, -0.15) is 0 Å². The van der Waals surface area contributed by atoms with Gasteiger partial charge >= 0.3 is 0 Å². The number of anilines is 1. The number of amides is 1. The quantitative estimate of drug-likeness (QED) is 0.751. The lowest BCUT2D eigenvalue weighted by atomic mass is 10.1. The fraction of sp³-hybridized carbons (Fsp3) is 0.522. The number of carbonyl (C=O) groups is 1. The normalized spacial score (nSPS) is 17.6. The van der Waals surface area contributed by atoms with Gasteiger partial charge in [0.25, 0.3) is 5.91 Å². The predicted octanol–water partition coefficient (Wildman–Crippen LogP) is 3.37. The molecule has 6 heteroatoms. The number of carbonyl (C=O) groups excluding carboxylic acids is 1. The molecule has 0 spiro atoms.